The molecule has 0 saturated carbocycles. The Kier molecular flexibility index (Phi) is 5.77. The van der Waals surface area contributed by atoms with Crippen molar-refractivity contribution in [2.75, 3.05) is 30.3 Å². The maximum atomic E-state index is 12.2. The summed E-state index contributed by atoms with van der Waals surface area (Å²) in [6.45, 7) is 7.45. The number of pyridine rings is 3. The first kappa shape index (κ1) is 24.6. The first-order chi connectivity index (χ1) is 19.4. The lowest BCUT2D eigenvalue weighted by molar-refractivity contribution is 0.00834. The highest BCUT2D eigenvalue weighted by atomic mass is 16.6. The minimum atomic E-state index is -0.790. The zero-order chi connectivity index (χ0) is 27.3. The highest BCUT2D eigenvalue weighted by Crippen LogP contribution is 2.42. The fourth-order valence-corrected chi connectivity index (χ4v) is 5.87. The van der Waals surface area contributed by atoms with Crippen molar-refractivity contribution in [2.24, 2.45) is 0 Å². The van der Waals surface area contributed by atoms with Gasteiger partial charge >= 0.3 is 5.97 Å². The largest absolute Gasteiger partial charge is 0.449 e. The van der Waals surface area contributed by atoms with Gasteiger partial charge < -0.3 is 24.8 Å². The third kappa shape index (κ3) is 4.36. The highest BCUT2D eigenvalue weighted by Gasteiger charge is 2.44. The Hall–Kier alpha value is -4.38. The molecule has 11 nitrogen and oxygen atoms in total. The van der Waals surface area contributed by atoms with Crippen LogP contribution in [0.25, 0.3) is 11.5 Å². The minimum absolute atomic E-state index is 0.00711. The number of carbonyl (C=O) groups excluding carboxylic acids is 1. The molecule has 0 atom stereocenters. The minimum Gasteiger partial charge on any atom is -0.449 e. The average molecular weight is 539 g/mol. The fourth-order valence-electron chi connectivity index (χ4n) is 5.87. The smallest absolute Gasteiger partial charge is 0.341 e. The molecule has 4 aliphatic heterocycles. The number of ether oxygens (including phenoxy) is 1. The lowest BCUT2D eigenvalue weighted by Crippen LogP contribution is -2.51. The first-order valence-electron chi connectivity index (χ1n) is 13.6. The van der Waals surface area contributed by atoms with Gasteiger partial charge in [0.2, 0.25) is 0 Å². The number of aromatic nitrogens is 5. The molecule has 8 heterocycles. The van der Waals surface area contributed by atoms with Crippen LogP contribution in [0.4, 0.5) is 17.3 Å². The molecule has 40 heavy (non-hydrogen) atoms. The van der Waals surface area contributed by atoms with Crippen LogP contribution in [0.1, 0.15) is 60.5 Å². The van der Waals surface area contributed by atoms with Gasteiger partial charge in [-0.2, -0.15) is 4.98 Å². The quantitative estimate of drug-likeness (QED) is 0.324. The van der Waals surface area contributed by atoms with Gasteiger partial charge in [-0.3, -0.25) is 4.98 Å². The summed E-state index contributed by atoms with van der Waals surface area (Å²) in [4.78, 5) is 33.1. The number of cyclic esters (lactones) is 1. The summed E-state index contributed by atoms with van der Waals surface area (Å²) in [6, 6.07) is 9.30. The van der Waals surface area contributed by atoms with Gasteiger partial charge in [0, 0.05) is 36.6 Å². The number of carbonyl (C=O) groups is 1. The normalized spacial score (nSPS) is 22.6. The van der Waals surface area contributed by atoms with E-state index in [1.165, 1.54) is 0 Å². The van der Waals surface area contributed by atoms with E-state index >= 15 is 0 Å². The monoisotopic (exact) mass is 538 g/mol. The number of hydrogen-bond acceptors (Lipinski definition) is 11. The zero-order valence-electron chi connectivity index (χ0n) is 22.5. The van der Waals surface area contributed by atoms with Gasteiger partial charge in [0.1, 0.15) is 22.9 Å². The van der Waals surface area contributed by atoms with E-state index in [0.717, 1.165) is 61.5 Å². The molecule has 3 fully saturated rings. The van der Waals surface area contributed by atoms with Crippen LogP contribution < -0.4 is 10.6 Å². The molecule has 2 N–H and O–H groups in total. The first-order valence-corrected chi connectivity index (χ1v) is 13.6. The number of hydrogen-bond donors (Lipinski definition) is 2. The number of nitrogens with one attached hydrogen (secondary N) is 2. The van der Waals surface area contributed by atoms with E-state index in [0.29, 0.717) is 35.3 Å². The average Bonchev–Trinajstić information content (AvgIpc) is 3.56. The van der Waals surface area contributed by atoms with Gasteiger partial charge in [-0.15, -0.1) is 0 Å². The lowest BCUT2D eigenvalue weighted by Gasteiger charge is -2.46. The summed E-state index contributed by atoms with van der Waals surface area (Å²) >= 11 is 0. The van der Waals surface area contributed by atoms with Gasteiger partial charge in [0.05, 0.1) is 16.8 Å². The Morgan fingerprint density at radius 3 is 2.60 bits per heavy atom. The molecular weight excluding hydrogens is 508 g/mol. The molecule has 0 amide bonds. The van der Waals surface area contributed by atoms with E-state index in [1.807, 2.05) is 38.2 Å². The molecule has 0 aliphatic carbocycles. The molecule has 0 aromatic carbocycles. The van der Waals surface area contributed by atoms with Crippen LogP contribution in [-0.2, 0) is 22.3 Å². The summed E-state index contributed by atoms with van der Waals surface area (Å²) in [7, 11) is 0. The standard InChI is InChI=1S/C29H30N8O3/c1-28(2)24-19(26(38)39-28)5-6-22(34-24)33-23-14-21(31-16-18-4-3-10-30-15-18)20(17-32-23)25-35-27(36-40-25)29-7-11-37(12-8-29)13-9-29/h3-6,10,14-15,17H,7-9,11-13,16H2,1-2H3,(H2,31,32,33,34). The van der Waals surface area contributed by atoms with Crippen LogP contribution in [0.15, 0.2) is 53.4 Å². The molecule has 4 aliphatic rings. The third-order valence-electron chi connectivity index (χ3n) is 8.25. The van der Waals surface area contributed by atoms with Crippen molar-refractivity contribution < 1.29 is 14.1 Å². The second-order valence-corrected chi connectivity index (χ2v) is 11.2. The lowest BCUT2D eigenvalue weighted by atomic mass is 9.71. The van der Waals surface area contributed by atoms with Crippen LogP contribution in [0.5, 0.6) is 0 Å². The predicted octanol–water partition coefficient (Wildman–Crippen LogP) is 4.42. The number of anilines is 3. The summed E-state index contributed by atoms with van der Waals surface area (Å²) in [5.74, 6) is 2.01. The van der Waals surface area contributed by atoms with Crippen molar-refractivity contribution in [3.8, 4) is 11.5 Å². The van der Waals surface area contributed by atoms with Crippen molar-refractivity contribution >= 4 is 23.3 Å². The molecule has 8 rings (SSSR count). The Morgan fingerprint density at radius 1 is 1.00 bits per heavy atom. The maximum Gasteiger partial charge on any atom is 0.341 e. The van der Waals surface area contributed by atoms with E-state index in [1.54, 1.807) is 24.5 Å². The van der Waals surface area contributed by atoms with Crippen molar-refractivity contribution in [1.82, 2.24) is 30.0 Å². The molecule has 204 valence electrons. The topological polar surface area (TPSA) is 131 Å². The van der Waals surface area contributed by atoms with Crippen LogP contribution in [0, 0.1) is 0 Å². The van der Waals surface area contributed by atoms with E-state index < -0.39 is 5.60 Å². The summed E-state index contributed by atoms with van der Waals surface area (Å²) in [5, 5.41) is 11.2. The number of rotatable bonds is 7. The number of nitrogens with zero attached hydrogens (tertiary/aromatic N) is 6. The maximum absolute atomic E-state index is 12.2. The zero-order valence-corrected chi connectivity index (χ0v) is 22.5. The Labute approximate surface area is 231 Å². The molecule has 0 unspecified atom stereocenters. The SMILES string of the molecule is CC1(C)OC(=O)c2ccc(Nc3cc(NCc4cccnc4)c(-c4nc(C56CCN(CC5)CC6)no4)cn3)nc21. The van der Waals surface area contributed by atoms with E-state index in [9.17, 15) is 4.79 Å². The molecule has 3 saturated heterocycles. The number of esters is 1. The van der Waals surface area contributed by atoms with Crippen molar-refractivity contribution in [3.63, 3.8) is 0 Å². The summed E-state index contributed by atoms with van der Waals surface area (Å²) in [6.07, 6.45) is 8.48. The van der Waals surface area contributed by atoms with E-state index in [-0.39, 0.29) is 11.4 Å². The molecule has 2 bridgehead atoms. The predicted molar refractivity (Wildman–Crippen MR) is 147 cm³/mol. The van der Waals surface area contributed by atoms with Crippen molar-refractivity contribution in [2.45, 2.75) is 50.7 Å². The molecule has 0 radical (unpaired) electrons. The van der Waals surface area contributed by atoms with Crippen LogP contribution >= 0.6 is 0 Å². The van der Waals surface area contributed by atoms with Gasteiger partial charge in [0.25, 0.3) is 5.89 Å². The number of fused-ring (bicyclic) bond motifs is 4. The van der Waals surface area contributed by atoms with Crippen molar-refractivity contribution in [1.29, 1.82) is 0 Å². The van der Waals surface area contributed by atoms with E-state index in [2.05, 4.69) is 35.6 Å². The summed E-state index contributed by atoms with van der Waals surface area (Å²) < 4.78 is 11.3. The van der Waals surface area contributed by atoms with Crippen LogP contribution in [0.3, 0.4) is 0 Å². The van der Waals surface area contributed by atoms with Crippen LogP contribution in [-0.4, -0.2) is 55.6 Å². The van der Waals surface area contributed by atoms with Gasteiger partial charge in [-0.25, -0.2) is 14.8 Å². The van der Waals surface area contributed by atoms with Crippen molar-refractivity contribution in [3.05, 3.63) is 71.6 Å². The van der Waals surface area contributed by atoms with Gasteiger partial charge in [0.15, 0.2) is 5.82 Å². The third-order valence-corrected chi connectivity index (χ3v) is 8.25. The molecule has 11 heteroatoms. The Morgan fingerprint density at radius 2 is 1.82 bits per heavy atom. The second kappa shape index (κ2) is 9.37. The number of piperidine rings is 3. The molecule has 4 aromatic heterocycles. The van der Waals surface area contributed by atoms with E-state index in [4.69, 9.17) is 14.2 Å². The second-order valence-electron chi connectivity index (χ2n) is 11.2. The Balaban J connectivity index is 1.20. The molecule has 4 aromatic rings. The fraction of sp³-hybridized carbons (Fsp3) is 0.379. The van der Waals surface area contributed by atoms with Crippen LogP contribution in [0.2, 0.25) is 0 Å². The van der Waals surface area contributed by atoms with Gasteiger partial charge in [-0.05, 0) is 76.5 Å². The molecule has 0 spiro atoms. The van der Waals surface area contributed by atoms with Gasteiger partial charge in [-0.1, -0.05) is 11.2 Å². The molecular formula is C29H30N8O3. The highest BCUT2D eigenvalue weighted by molar-refractivity contribution is 5.94. The summed E-state index contributed by atoms with van der Waals surface area (Å²) in [5.41, 5.74) is 2.82. The Bertz CT molecular complexity index is 1560.